The zero-order valence-electron chi connectivity index (χ0n) is 9.75. The van der Waals surface area contributed by atoms with Gasteiger partial charge in [0.05, 0.1) is 5.69 Å². The van der Waals surface area contributed by atoms with Crippen LogP contribution < -0.4 is 4.74 Å². The Morgan fingerprint density at radius 3 is 2.27 bits per heavy atom. The van der Waals surface area contributed by atoms with Crippen LogP contribution in [0.25, 0.3) is 0 Å². The molecule has 4 heteroatoms. The molecule has 0 bridgehead atoms. The van der Waals surface area contributed by atoms with E-state index in [1.54, 1.807) is 0 Å². The Balaban J connectivity index is 3.21. The Morgan fingerprint density at radius 2 is 1.80 bits per heavy atom. The summed E-state index contributed by atoms with van der Waals surface area (Å²) in [6, 6.07) is 2.10. The normalized spacial score (nSPS) is 10.9. The standard InChI is InChI=1S/C11H15N3O/c1-7-8(2)13-14-10(9(7)6-12)15-11(3,4)5/h1-5H3. The third-order valence-corrected chi connectivity index (χ3v) is 1.94. The fourth-order valence-corrected chi connectivity index (χ4v) is 1.08. The quantitative estimate of drug-likeness (QED) is 0.704. The van der Waals surface area contributed by atoms with Crippen LogP contribution in [0.5, 0.6) is 5.88 Å². The van der Waals surface area contributed by atoms with Crippen molar-refractivity contribution in [2.45, 2.75) is 40.2 Å². The van der Waals surface area contributed by atoms with Gasteiger partial charge >= 0.3 is 0 Å². The Morgan fingerprint density at radius 1 is 1.20 bits per heavy atom. The van der Waals surface area contributed by atoms with Crippen LogP contribution in [0.3, 0.4) is 0 Å². The van der Waals surface area contributed by atoms with Gasteiger partial charge in [-0.25, -0.2) is 0 Å². The third-order valence-electron chi connectivity index (χ3n) is 1.94. The van der Waals surface area contributed by atoms with Gasteiger partial charge in [0.2, 0.25) is 0 Å². The number of nitrogens with zero attached hydrogens (tertiary/aromatic N) is 3. The maximum absolute atomic E-state index is 9.02. The molecule has 0 atom stereocenters. The first kappa shape index (κ1) is 11.4. The molecule has 0 aromatic carbocycles. The Hall–Kier alpha value is -1.63. The van der Waals surface area contributed by atoms with E-state index >= 15 is 0 Å². The van der Waals surface area contributed by atoms with Crippen molar-refractivity contribution in [3.05, 3.63) is 16.8 Å². The maximum atomic E-state index is 9.02. The van der Waals surface area contributed by atoms with Gasteiger partial charge in [-0.15, -0.1) is 5.10 Å². The lowest BCUT2D eigenvalue weighted by Gasteiger charge is -2.21. The summed E-state index contributed by atoms with van der Waals surface area (Å²) >= 11 is 0. The molecule has 0 fully saturated rings. The highest BCUT2D eigenvalue weighted by Gasteiger charge is 2.18. The molecule has 80 valence electrons. The number of rotatable bonds is 1. The van der Waals surface area contributed by atoms with Crippen molar-refractivity contribution in [1.82, 2.24) is 10.2 Å². The predicted octanol–water partition coefficient (Wildman–Crippen LogP) is 2.14. The van der Waals surface area contributed by atoms with Crippen molar-refractivity contribution in [1.29, 1.82) is 5.26 Å². The van der Waals surface area contributed by atoms with Crippen LogP contribution in [0.4, 0.5) is 0 Å². The summed E-state index contributed by atoms with van der Waals surface area (Å²) < 4.78 is 5.56. The van der Waals surface area contributed by atoms with Gasteiger partial charge in [-0.2, -0.15) is 10.4 Å². The highest BCUT2D eigenvalue weighted by Crippen LogP contribution is 2.22. The topological polar surface area (TPSA) is 58.8 Å². The fraction of sp³-hybridized carbons (Fsp3) is 0.545. The van der Waals surface area contributed by atoms with Crippen LogP contribution in [0.2, 0.25) is 0 Å². The highest BCUT2D eigenvalue weighted by atomic mass is 16.5. The van der Waals surface area contributed by atoms with E-state index in [4.69, 9.17) is 10.00 Å². The van der Waals surface area contributed by atoms with E-state index in [1.807, 2.05) is 34.6 Å². The molecular weight excluding hydrogens is 190 g/mol. The van der Waals surface area contributed by atoms with Crippen LogP contribution in [0.1, 0.15) is 37.6 Å². The second-order valence-corrected chi connectivity index (χ2v) is 4.42. The molecule has 0 N–H and O–H groups in total. The number of hydrogen-bond acceptors (Lipinski definition) is 4. The van der Waals surface area contributed by atoms with Crippen molar-refractivity contribution in [3.63, 3.8) is 0 Å². The Kier molecular flexibility index (Phi) is 2.94. The van der Waals surface area contributed by atoms with Crippen molar-refractivity contribution < 1.29 is 4.74 Å². The minimum atomic E-state index is -0.373. The summed E-state index contributed by atoms with van der Waals surface area (Å²) in [4.78, 5) is 0. The second-order valence-electron chi connectivity index (χ2n) is 4.42. The van der Waals surface area contributed by atoms with E-state index in [0.717, 1.165) is 11.3 Å². The molecule has 0 amide bonds. The molecule has 1 rings (SSSR count). The summed E-state index contributed by atoms with van der Waals surface area (Å²) in [5.74, 6) is 0.313. The lowest BCUT2D eigenvalue weighted by molar-refractivity contribution is 0.122. The van der Waals surface area contributed by atoms with Gasteiger partial charge in [-0.3, -0.25) is 0 Å². The van der Waals surface area contributed by atoms with Crippen molar-refractivity contribution in [2.75, 3.05) is 0 Å². The third kappa shape index (κ3) is 2.66. The van der Waals surface area contributed by atoms with E-state index in [2.05, 4.69) is 16.3 Å². The molecule has 1 aromatic heterocycles. The average molecular weight is 205 g/mol. The molecule has 0 unspecified atom stereocenters. The molecule has 4 nitrogen and oxygen atoms in total. The van der Waals surface area contributed by atoms with Crippen molar-refractivity contribution in [3.8, 4) is 11.9 Å². The number of aryl methyl sites for hydroxylation is 1. The first-order valence-electron chi connectivity index (χ1n) is 4.78. The Labute approximate surface area is 89.9 Å². The summed E-state index contributed by atoms with van der Waals surface area (Å²) in [6.45, 7) is 9.39. The van der Waals surface area contributed by atoms with Gasteiger partial charge in [-0.1, -0.05) is 0 Å². The lowest BCUT2D eigenvalue weighted by Crippen LogP contribution is -2.24. The summed E-state index contributed by atoms with van der Waals surface area (Å²) in [5, 5.41) is 16.9. The SMILES string of the molecule is Cc1nnc(OC(C)(C)C)c(C#N)c1C. The summed E-state index contributed by atoms with van der Waals surface area (Å²) in [7, 11) is 0. The fourth-order valence-electron chi connectivity index (χ4n) is 1.08. The molecule has 0 aliphatic carbocycles. The van der Waals surface area contributed by atoms with E-state index in [1.165, 1.54) is 0 Å². The molecule has 0 radical (unpaired) electrons. The van der Waals surface area contributed by atoms with Crippen LogP contribution in [0, 0.1) is 25.2 Å². The van der Waals surface area contributed by atoms with Crippen molar-refractivity contribution in [2.24, 2.45) is 0 Å². The van der Waals surface area contributed by atoms with E-state index < -0.39 is 0 Å². The highest BCUT2D eigenvalue weighted by molar-refractivity contribution is 5.45. The molecule has 0 saturated heterocycles. The molecule has 1 aromatic rings. The number of hydrogen-bond donors (Lipinski definition) is 0. The molecule has 0 aliphatic rings. The smallest absolute Gasteiger partial charge is 0.252 e. The first-order valence-corrected chi connectivity index (χ1v) is 4.78. The molecule has 15 heavy (non-hydrogen) atoms. The maximum Gasteiger partial charge on any atom is 0.252 e. The minimum absolute atomic E-state index is 0.313. The monoisotopic (exact) mass is 205 g/mol. The molecule has 0 aliphatic heterocycles. The van der Waals surface area contributed by atoms with Crippen LogP contribution in [0.15, 0.2) is 0 Å². The Bertz CT molecular complexity index is 413. The summed E-state index contributed by atoms with van der Waals surface area (Å²) in [5.41, 5.74) is 1.68. The lowest BCUT2D eigenvalue weighted by atomic mass is 10.1. The van der Waals surface area contributed by atoms with Gasteiger partial charge in [0.15, 0.2) is 0 Å². The zero-order chi connectivity index (χ0) is 11.6. The van der Waals surface area contributed by atoms with Crippen LogP contribution in [-0.4, -0.2) is 15.8 Å². The largest absolute Gasteiger partial charge is 0.470 e. The first-order chi connectivity index (χ1) is 6.85. The van der Waals surface area contributed by atoms with Gasteiger partial charge in [0.1, 0.15) is 17.2 Å². The molecular formula is C11H15N3O. The van der Waals surface area contributed by atoms with Crippen LogP contribution >= 0.6 is 0 Å². The summed E-state index contributed by atoms with van der Waals surface area (Å²) in [6.07, 6.45) is 0. The zero-order valence-corrected chi connectivity index (χ0v) is 9.75. The van der Waals surface area contributed by atoms with Crippen LogP contribution in [-0.2, 0) is 0 Å². The van der Waals surface area contributed by atoms with Gasteiger partial charge in [0, 0.05) is 0 Å². The van der Waals surface area contributed by atoms with E-state index in [0.29, 0.717) is 11.4 Å². The minimum Gasteiger partial charge on any atom is -0.470 e. The van der Waals surface area contributed by atoms with Gasteiger partial charge in [0.25, 0.3) is 5.88 Å². The van der Waals surface area contributed by atoms with Gasteiger partial charge in [-0.05, 0) is 40.2 Å². The van der Waals surface area contributed by atoms with Gasteiger partial charge < -0.3 is 4.74 Å². The second kappa shape index (κ2) is 3.85. The molecule has 1 heterocycles. The average Bonchev–Trinajstić information content (AvgIpc) is 2.10. The molecule has 0 spiro atoms. The van der Waals surface area contributed by atoms with E-state index in [9.17, 15) is 0 Å². The van der Waals surface area contributed by atoms with Crippen molar-refractivity contribution >= 4 is 0 Å². The van der Waals surface area contributed by atoms with E-state index in [-0.39, 0.29) is 5.60 Å². The number of aromatic nitrogens is 2. The number of nitriles is 1. The predicted molar refractivity (Wildman–Crippen MR) is 56.6 cm³/mol. The number of ether oxygens (including phenoxy) is 1. The molecule has 0 saturated carbocycles.